The van der Waals surface area contributed by atoms with Crippen molar-refractivity contribution in [1.82, 2.24) is 19.9 Å². The quantitative estimate of drug-likeness (QED) is 0.676. The molecule has 2 aromatic heterocycles. The van der Waals surface area contributed by atoms with Gasteiger partial charge in [-0.15, -0.1) is 0 Å². The summed E-state index contributed by atoms with van der Waals surface area (Å²) in [6.07, 6.45) is 4.81. The maximum absolute atomic E-state index is 10.9. The van der Waals surface area contributed by atoms with Gasteiger partial charge < -0.3 is 14.9 Å². The van der Waals surface area contributed by atoms with Crippen LogP contribution in [0.1, 0.15) is 22.9 Å². The first-order chi connectivity index (χ1) is 14.6. The number of piperazine rings is 1. The van der Waals surface area contributed by atoms with E-state index < -0.39 is 6.10 Å². The summed E-state index contributed by atoms with van der Waals surface area (Å²) in [5, 5.41) is 10.9. The number of rotatable bonds is 6. The summed E-state index contributed by atoms with van der Waals surface area (Å²) < 4.78 is 0. The molecule has 156 valence electrons. The van der Waals surface area contributed by atoms with Gasteiger partial charge in [-0.1, -0.05) is 24.3 Å². The SMILES string of the molecule is CN(C)c1ncc(CN2CCN(c3ccccc3C(O)c3ccccn3)CC2)cn1. The van der Waals surface area contributed by atoms with Crippen LogP contribution in [-0.2, 0) is 6.54 Å². The van der Waals surface area contributed by atoms with Gasteiger partial charge in [-0.05, 0) is 18.2 Å². The van der Waals surface area contributed by atoms with E-state index in [2.05, 4.69) is 30.8 Å². The maximum Gasteiger partial charge on any atom is 0.224 e. The highest BCUT2D eigenvalue weighted by molar-refractivity contribution is 5.56. The molecular weight excluding hydrogens is 376 g/mol. The first-order valence-electron chi connectivity index (χ1n) is 10.3. The van der Waals surface area contributed by atoms with Crippen molar-refractivity contribution in [1.29, 1.82) is 0 Å². The van der Waals surface area contributed by atoms with E-state index in [0.29, 0.717) is 5.69 Å². The molecule has 0 amide bonds. The van der Waals surface area contributed by atoms with Crippen LogP contribution in [0.3, 0.4) is 0 Å². The number of hydrogen-bond donors (Lipinski definition) is 1. The minimum Gasteiger partial charge on any atom is -0.382 e. The zero-order chi connectivity index (χ0) is 20.9. The largest absolute Gasteiger partial charge is 0.382 e. The topological polar surface area (TPSA) is 68.6 Å². The van der Waals surface area contributed by atoms with E-state index in [1.54, 1.807) is 6.20 Å². The Morgan fingerprint density at radius 2 is 1.63 bits per heavy atom. The van der Waals surface area contributed by atoms with Crippen molar-refractivity contribution in [3.8, 4) is 0 Å². The number of benzene rings is 1. The molecule has 3 aromatic rings. The smallest absolute Gasteiger partial charge is 0.224 e. The number of nitrogens with zero attached hydrogens (tertiary/aromatic N) is 6. The first-order valence-corrected chi connectivity index (χ1v) is 10.3. The second kappa shape index (κ2) is 9.19. The fourth-order valence-corrected chi connectivity index (χ4v) is 3.77. The standard InChI is InChI=1S/C23H28N6O/c1-27(2)23-25-15-18(16-26-23)17-28-11-13-29(14-12-28)21-9-4-3-7-19(21)22(30)20-8-5-6-10-24-20/h3-10,15-16,22,30H,11-14,17H2,1-2H3. The van der Waals surface area contributed by atoms with Crippen LogP contribution in [0.2, 0.25) is 0 Å². The summed E-state index contributed by atoms with van der Waals surface area (Å²) in [7, 11) is 3.88. The number of anilines is 2. The third kappa shape index (κ3) is 4.58. The predicted octanol–water partition coefficient (Wildman–Crippen LogP) is 2.34. The number of hydrogen-bond acceptors (Lipinski definition) is 7. The second-order valence-electron chi connectivity index (χ2n) is 7.76. The van der Waals surface area contributed by atoms with E-state index in [4.69, 9.17) is 0 Å². The maximum atomic E-state index is 10.9. The number of aliphatic hydroxyl groups excluding tert-OH is 1. The fraction of sp³-hybridized carbons (Fsp3) is 0.348. The summed E-state index contributed by atoms with van der Waals surface area (Å²) in [6.45, 7) is 4.55. The van der Waals surface area contributed by atoms with Crippen molar-refractivity contribution < 1.29 is 5.11 Å². The average Bonchev–Trinajstić information content (AvgIpc) is 2.80. The highest BCUT2D eigenvalue weighted by atomic mass is 16.3. The molecule has 0 aliphatic carbocycles. The third-order valence-corrected chi connectivity index (χ3v) is 5.41. The Hall–Kier alpha value is -3.03. The van der Waals surface area contributed by atoms with Gasteiger partial charge in [0.1, 0.15) is 6.10 Å². The summed E-state index contributed by atoms with van der Waals surface area (Å²) in [4.78, 5) is 19.8. The highest BCUT2D eigenvalue weighted by Crippen LogP contribution is 2.30. The first kappa shape index (κ1) is 20.3. The second-order valence-corrected chi connectivity index (χ2v) is 7.76. The number of aromatic nitrogens is 3. The Morgan fingerprint density at radius 3 is 2.30 bits per heavy atom. The van der Waals surface area contributed by atoms with Crippen LogP contribution in [0.5, 0.6) is 0 Å². The molecule has 1 atom stereocenters. The van der Waals surface area contributed by atoms with Gasteiger partial charge in [-0.25, -0.2) is 9.97 Å². The minimum atomic E-state index is -0.729. The van der Waals surface area contributed by atoms with Gasteiger partial charge >= 0.3 is 0 Å². The number of pyridine rings is 1. The molecule has 3 heterocycles. The van der Waals surface area contributed by atoms with Gasteiger partial charge in [0, 0.05) is 82.2 Å². The number of para-hydroxylation sites is 1. The third-order valence-electron chi connectivity index (χ3n) is 5.41. The monoisotopic (exact) mass is 404 g/mol. The Labute approximate surface area is 177 Å². The fourth-order valence-electron chi connectivity index (χ4n) is 3.77. The summed E-state index contributed by atoms with van der Waals surface area (Å²) in [5.41, 5.74) is 3.77. The zero-order valence-corrected chi connectivity index (χ0v) is 17.5. The lowest BCUT2D eigenvalue weighted by atomic mass is 10.0. The molecule has 1 saturated heterocycles. The summed E-state index contributed by atoms with van der Waals surface area (Å²) >= 11 is 0. The average molecular weight is 405 g/mol. The molecule has 0 saturated carbocycles. The molecule has 4 rings (SSSR count). The lowest BCUT2D eigenvalue weighted by Crippen LogP contribution is -2.46. The van der Waals surface area contributed by atoms with E-state index in [-0.39, 0.29) is 0 Å². The molecule has 1 N–H and O–H groups in total. The van der Waals surface area contributed by atoms with Crippen LogP contribution >= 0.6 is 0 Å². The molecule has 7 nitrogen and oxygen atoms in total. The van der Waals surface area contributed by atoms with Crippen molar-refractivity contribution >= 4 is 11.6 Å². The van der Waals surface area contributed by atoms with Gasteiger partial charge in [0.2, 0.25) is 5.95 Å². The Balaban J connectivity index is 1.41. The Bertz CT molecular complexity index is 939. The predicted molar refractivity (Wildman–Crippen MR) is 119 cm³/mol. The summed E-state index contributed by atoms with van der Waals surface area (Å²) in [5.74, 6) is 0.728. The van der Waals surface area contributed by atoms with Crippen LogP contribution in [0.15, 0.2) is 61.1 Å². The molecule has 30 heavy (non-hydrogen) atoms. The van der Waals surface area contributed by atoms with Crippen molar-refractivity contribution in [2.45, 2.75) is 12.6 Å². The Morgan fingerprint density at radius 1 is 0.933 bits per heavy atom. The van der Waals surface area contributed by atoms with Crippen molar-refractivity contribution in [3.63, 3.8) is 0 Å². The van der Waals surface area contributed by atoms with Crippen LogP contribution in [-0.4, -0.2) is 65.2 Å². The van der Waals surface area contributed by atoms with Crippen LogP contribution in [0, 0.1) is 0 Å². The van der Waals surface area contributed by atoms with Crippen molar-refractivity contribution in [2.24, 2.45) is 0 Å². The van der Waals surface area contributed by atoms with Crippen LogP contribution < -0.4 is 9.80 Å². The van der Waals surface area contributed by atoms with E-state index in [1.807, 2.05) is 67.8 Å². The molecule has 0 spiro atoms. The minimum absolute atomic E-state index is 0.671. The zero-order valence-electron chi connectivity index (χ0n) is 17.5. The molecule has 7 heteroatoms. The normalized spacial score (nSPS) is 15.8. The van der Waals surface area contributed by atoms with Gasteiger partial charge in [-0.3, -0.25) is 9.88 Å². The van der Waals surface area contributed by atoms with Crippen molar-refractivity contribution in [2.75, 3.05) is 50.1 Å². The molecule has 1 fully saturated rings. The van der Waals surface area contributed by atoms with E-state index in [9.17, 15) is 5.11 Å². The molecule has 0 bridgehead atoms. The lowest BCUT2D eigenvalue weighted by Gasteiger charge is -2.37. The molecule has 1 aromatic carbocycles. The van der Waals surface area contributed by atoms with Gasteiger partial charge in [0.25, 0.3) is 0 Å². The molecule has 1 unspecified atom stereocenters. The Kier molecular flexibility index (Phi) is 6.21. The molecule has 1 aliphatic heterocycles. The van der Waals surface area contributed by atoms with E-state index in [1.165, 1.54) is 0 Å². The number of aliphatic hydroxyl groups is 1. The van der Waals surface area contributed by atoms with Gasteiger partial charge in [0.05, 0.1) is 5.69 Å². The van der Waals surface area contributed by atoms with Gasteiger partial charge in [0.15, 0.2) is 0 Å². The lowest BCUT2D eigenvalue weighted by molar-refractivity contribution is 0.214. The van der Waals surface area contributed by atoms with Gasteiger partial charge in [-0.2, -0.15) is 0 Å². The highest BCUT2D eigenvalue weighted by Gasteiger charge is 2.23. The van der Waals surface area contributed by atoms with E-state index >= 15 is 0 Å². The van der Waals surface area contributed by atoms with Crippen LogP contribution in [0.4, 0.5) is 11.6 Å². The molecule has 0 radical (unpaired) electrons. The molecule has 1 aliphatic rings. The molecular formula is C23H28N6O. The van der Waals surface area contributed by atoms with Crippen LogP contribution in [0.25, 0.3) is 0 Å². The summed E-state index contributed by atoms with van der Waals surface area (Å²) in [6, 6.07) is 13.7. The van der Waals surface area contributed by atoms with E-state index in [0.717, 1.165) is 55.5 Å². The van der Waals surface area contributed by atoms with Crippen molar-refractivity contribution in [3.05, 3.63) is 77.9 Å².